The second-order valence-corrected chi connectivity index (χ2v) is 7.82. The highest BCUT2D eigenvalue weighted by Gasteiger charge is 2.35. The summed E-state index contributed by atoms with van der Waals surface area (Å²) in [5.74, 6) is 0.773. The number of nitrogens with zero attached hydrogens (tertiary/aromatic N) is 3. The highest BCUT2D eigenvalue weighted by atomic mass is 35.5. The first-order valence-electron chi connectivity index (χ1n) is 9.51. The number of likely N-dealkylation sites (N-methyl/N-ethyl adjacent to an activating group) is 1. The van der Waals surface area contributed by atoms with E-state index in [1.54, 1.807) is 11.3 Å². The molecule has 1 atom stereocenters. The van der Waals surface area contributed by atoms with E-state index in [0.29, 0.717) is 24.0 Å². The second kappa shape index (κ2) is 7.87. The van der Waals surface area contributed by atoms with Crippen LogP contribution in [-0.2, 0) is 4.79 Å². The van der Waals surface area contributed by atoms with E-state index in [4.69, 9.17) is 16.0 Å². The smallest absolute Gasteiger partial charge is 0.257 e. The molecule has 142 valence electrons. The Kier molecular flexibility index (Phi) is 5.32. The van der Waals surface area contributed by atoms with Crippen LogP contribution in [-0.4, -0.2) is 41.2 Å². The van der Waals surface area contributed by atoms with Crippen LogP contribution in [0.15, 0.2) is 52.2 Å². The van der Waals surface area contributed by atoms with Crippen molar-refractivity contribution in [2.75, 3.05) is 13.6 Å². The molecule has 0 saturated heterocycles. The van der Waals surface area contributed by atoms with Crippen molar-refractivity contribution in [3.8, 4) is 0 Å². The maximum absolute atomic E-state index is 13.1. The summed E-state index contributed by atoms with van der Waals surface area (Å²) in [6.07, 6.45) is 7.12. The highest BCUT2D eigenvalue weighted by Crippen LogP contribution is 2.33. The summed E-state index contributed by atoms with van der Waals surface area (Å²) in [5.41, 5.74) is 1.86. The molecule has 1 aliphatic heterocycles. The summed E-state index contributed by atoms with van der Waals surface area (Å²) in [4.78, 5) is 15.2. The highest BCUT2D eigenvalue weighted by molar-refractivity contribution is 6.30. The summed E-state index contributed by atoms with van der Waals surface area (Å²) >= 11 is 6.00. The SMILES string of the molecule is CN(CC(=O)N1N=C(c2ccc(Cl)cc2)CC1c1ccco1)C1CCCC1. The van der Waals surface area contributed by atoms with E-state index in [1.807, 2.05) is 43.4 Å². The van der Waals surface area contributed by atoms with Gasteiger partial charge < -0.3 is 4.42 Å². The fraction of sp³-hybridized carbons (Fsp3) is 0.429. The molecule has 0 radical (unpaired) electrons. The Morgan fingerprint density at radius 2 is 2.00 bits per heavy atom. The van der Waals surface area contributed by atoms with E-state index in [9.17, 15) is 4.79 Å². The van der Waals surface area contributed by atoms with Gasteiger partial charge in [0.25, 0.3) is 5.91 Å². The summed E-state index contributed by atoms with van der Waals surface area (Å²) < 4.78 is 5.60. The van der Waals surface area contributed by atoms with Gasteiger partial charge in [0.1, 0.15) is 11.8 Å². The van der Waals surface area contributed by atoms with Gasteiger partial charge in [0.2, 0.25) is 0 Å². The predicted octanol–water partition coefficient (Wildman–Crippen LogP) is 4.49. The molecule has 2 heterocycles. The lowest BCUT2D eigenvalue weighted by Crippen LogP contribution is -2.40. The maximum Gasteiger partial charge on any atom is 0.257 e. The zero-order valence-corrected chi connectivity index (χ0v) is 16.2. The number of benzene rings is 1. The van der Waals surface area contributed by atoms with Gasteiger partial charge in [-0.25, -0.2) is 5.01 Å². The minimum Gasteiger partial charge on any atom is -0.467 e. The minimum atomic E-state index is -0.199. The normalized spacial score (nSPS) is 20.5. The van der Waals surface area contributed by atoms with Crippen LogP contribution in [0.2, 0.25) is 5.02 Å². The van der Waals surface area contributed by atoms with Gasteiger partial charge in [-0.1, -0.05) is 36.6 Å². The van der Waals surface area contributed by atoms with E-state index >= 15 is 0 Å². The van der Waals surface area contributed by atoms with E-state index < -0.39 is 0 Å². The van der Waals surface area contributed by atoms with Gasteiger partial charge in [-0.15, -0.1) is 0 Å². The maximum atomic E-state index is 13.1. The molecule has 1 aliphatic carbocycles. The average Bonchev–Trinajstić information content (AvgIpc) is 3.42. The van der Waals surface area contributed by atoms with Gasteiger partial charge in [-0.3, -0.25) is 9.69 Å². The fourth-order valence-corrected chi connectivity index (χ4v) is 4.15. The Balaban J connectivity index is 1.55. The summed E-state index contributed by atoms with van der Waals surface area (Å²) in [6.45, 7) is 0.374. The molecular weight excluding hydrogens is 362 g/mol. The van der Waals surface area contributed by atoms with Crippen molar-refractivity contribution in [2.45, 2.75) is 44.2 Å². The lowest BCUT2D eigenvalue weighted by Gasteiger charge is -2.26. The van der Waals surface area contributed by atoms with E-state index in [-0.39, 0.29) is 11.9 Å². The minimum absolute atomic E-state index is 0.00904. The number of amides is 1. The lowest BCUT2D eigenvalue weighted by atomic mass is 10.0. The van der Waals surface area contributed by atoms with Crippen LogP contribution in [0.5, 0.6) is 0 Å². The van der Waals surface area contributed by atoms with Gasteiger partial charge in [0.05, 0.1) is 18.5 Å². The summed E-state index contributed by atoms with van der Waals surface area (Å²) in [6, 6.07) is 11.6. The van der Waals surface area contributed by atoms with Crippen LogP contribution in [0.4, 0.5) is 0 Å². The molecule has 5 nitrogen and oxygen atoms in total. The van der Waals surface area contributed by atoms with Crippen molar-refractivity contribution in [2.24, 2.45) is 5.10 Å². The molecule has 6 heteroatoms. The van der Waals surface area contributed by atoms with Crippen LogP contribution >= 0.6 is 11.6 Å². The predicted molar refractivity (Wildman–Crippen MR) is 106 cm³/mol. The number of hydrazone groups is 1. The largest absolute Gasteiger partial charge is 0.467 e. The first kappa shape index (κ1) is 18.3. The Morgan fingerprint density at radius 1 is 1.26 bits per heavy atom. The Morgan fingerprint density at radius 3 is 2.67 bits per heavy atom. The number of furan rings is 1. The monoisotopic (exact) mass is 385 g/mol. The molecule has 4 rings (SSSR count). The molecule has 1 aromatic carbocycles. The number of carbonyl (C=O) groups is 1. The van der Waals surface area contributed by atoms with Crippen molar-refractivity contribution in [3.05, 3.63) is 59.0 Å². The van der Waals surface area contributed by atoms with Crippen molar-refractivity contribution in [1.82, 2.24) is 9.91 Å². The molecular formula is C21H24ClN3O2. The molecule has 1 unspecified atom stereocenters. The third kappa shape index (κ3) is 3.94. The first-order valence-corrected chi connectivity index (χ1v) is 9.89. The zero-order valence-electron chi connectivity index (χ0n) is 15.5. The fourth-order valence-electron chi connectivity index (χ4n) is 4.02. The number of rotatable bonds is 5. The number of carbonyl (C=O) groups excluding carboxylic acids is 1. The van der Waals surface area contributed by atoms with E-state index in [2.05, 4.69) is 10.0 Å². The van der Waals surface area contributed by atoms with Crippen LogP contribution in [0.25, 0.3) is 0 Å². The molecule has 1 amide bonds. The molecule has 1 fully saturated rings. The molecule has 2 aliphatic rings. The lowest BCUT2D eigenvalue weighted by molar-refractivity contribution is -0.134. The number of hydrogen-bond acceptors (Lipinski definition) is 4. The summed E-state index contributed by atoms with van der Waals surface area (Å²) in [5, 5.41) is 6.97. The molecule has 0 bridgehead atoms. The van der Waals surface area contributed by atoms with Crippen molar-refractivity contribution in [3.63, 3.8) is 0 Å². The molecule has 0 spiro atoms. The standard InChI is InChI=1S/C21H24ClN3O2/c1-24(17-5-2-3-6-17)14-21(26)25-19(20-7-4-12-27-20)13-18(23-25)15-8-10-16(22)11-9-15/h4,7-12,17,19H,2-3,5-6,13-14H2,1H3. The molecule has 0 N–H and O–H groups in total. The Labute approximate surface area is 164 Å². The van der Waals surface area contributed by atoms with Crippen LogP contribution in [0, 0.1) is 0 Å². The van der Waals surface area contributed by atoms with Gasteiger partial charge in [-0.05, 0) is 49.7 Å². The van der Waals surface area contributed by atoms with Crippen molar-refractivity contribution < 1.29 is 9.21 Å². The van der Waals surface area contributed by atoms with Gasteiger partial charge >= 0.3 is 0 Å². The number of hydrogen-bond donors (Lipinski definition) is 0. The molecule has 1 saturated carbocycles. The van der Waals surface area contributed by atoms with Crippen LogP contribution in [0.1, 0.15) is 49.5 Å². The Hall–Kier alpha value is -2.11. The molecule has 1 aromatic heterocycles. The first-order chi connectivity index (χ1) is 13.1. The van der Waals surface area contributed by atoms with Crippen LogP contribution in [0.3, 0.4) is 0 Å². The van der Waals surface area contributed by atoms with Gasteiger partial charge in [0.15, 0.2) is 0 Å². The number of halogens is 1. The third-order valence-electron chi connectivity index (χ3n) is 5.55. The molecule has 2 aromatic rings. The van der Waals surface area contributed by atoms with E-state index in [1.165, 1.54) is 25.7 Å². The quantitative estimate of drug-likeness (QED) is 0.762. The average molecular weight is 386 g/mol. The van der Waals surface area contributed by atoms with Crippen molar-refractivity contribution >= 4 is 23.2 Å². The van der Waals surface area contributed by atoms with E-state index in [0.717, 1.165) is 17.0 Å². The van der Waals surface area contributed by atoms with Crippen molar-refractivity contribution in [1.29, 1.82) is 0 Å². The Bertz CT molecular complexity index is 810. The van der Waals surface area contributed by atoms with Gasteiger partial charge in [-0.2, -0.15) is 5.10 Å². The van der Waals surface area contributed by atoms with Gasteiger partial charge in [0, 0.05) is 17.5 Å². The topological polar surface area (TPSA) is 49.1 Å². The second-order valence-electron chi connectivity index (χ2n) is 7.38. The third-order valence-corrected chi connectivity index (χ3v) is 5.80. The molecule has 27 heavy (non-hydrogen) atoms. The summed E-state index contributed by atoms with van der Waals surface area (Å²) in [7, 11) is 2.04. The zero-order chi connectivity index (χ0) is 18.8. The van der Waals surface area contributed by atoms with Crippen LogP contribution < -0.4 is 0 Å².